The van der Waals surface area contributed by atoms with Crippen LogP contribution in [0, 0.1) is 0 Å². The summed E-state index contributed by atoms with van der Waals surface area (Å²) in [7, 11) is 0. The van der Waals surface area contributed by atoms with Crippen LogP contribution in [0.3, 0.4) is 0 Å². The molecular weight excluding hydrogens is 570 g/mol. The fraction of sp³-hybridized carbons (Fsp3) is 0.148. The highest BCUT2D eigenvalue weighted by Crippen LogP contribution is 2.53. The third kappa shape index (κ3) is 4.45. The van der Waals surface area contributed by atoms with E-state index in [4.69, 9.17) is 55.9 Å². The van der Waals surface area contributed by atoms with Crippen LogP contribution in [0.4, 0.5) is 0 Å². The van der Waals surface area contributed by atoms with Gasteiger partial charge in [-0.05, 0) is 67.1 Å². The third-order valence-electron chi connectivity index (χ3n) is 6.49. The number of aromatic nitrogens is 4. The first-order chi connectivity index (χ1) is 17.9. The summed E-state index contributed by atoms with van der Waals surface area (Å²) in [6.07, 6.45) is 3.84. The molecule has 1 fully saturated rings. The second-order valence-corrected chi connectivity index (χ2v) is 11.3. The molecule has 0 atom stereocenters. The molecule has 5 nitrogen and oxygen atoms in total. The molecule has 2 aromatic heterocycles. The molecule has 0 unspecified atom stereocenters. The van der Waals surface area contributed by atoms with Gasteiger partial charge in [0.25, 0.3) is 5.89 Å². The van der Waals surface area contributed by atoms with Crippen molar-refractivity contribution in [3.63, 3.8) is 0 Å². The quantitative estimate of drug-likeness (QED) is 0.185. The van der Waals surface area contributed by atoms with Crippen molar-refractivity contribution >= 4 is 58.2 Å². The molecule has 0 aliphatic heterocycles. The van der Waals surface area contributed by atoms with Crippen LogP contribution >= 0.6 is 58.2 Å². The molecule has 1 aliphatic carbocycles. The molecule has 0 amide bonds. The maximum absolute atomic E-state index is 6.62. The number of hydrogen-bond donors (Lipinski definition) is 0. The van der Waals surface area contributed by atoms with E-state index in [-0.39, 0.29) is 5.41 Å². The fourth-order valence-corrected chi connectivity index (χ4v) is 5.92. The lowest BCUT2D eigenvalue weighted by Crippen LogP contribution is -2.08. The Morgan fingerprint density at radius 2 is 1.49 bits per heavy atom. The highest BCUT2D eigenvalue weighted by Gasteiger charge is 2.51. The Hall–Kier alpha value is -2.48. The molecule has 0 spiro atoms. The molecular formula is C27H18Cl4N4OS. The molecule has 0 bridgehead atoms. The average Bonchev–Trinajstić information content (AvgIpc) is 3.38. The van der Waals surface area contributed by atoms with Crippen molar-refractivity contribution in [2.24, 2.45) is 0 Å². The van der Waals surface area contributed by atoms with Crippen LogP contribution in [0.25, 0.3) is 28.5 Å². The van der Waals surface area contributed by atoms with Crippen molar-refractivity contribution in [3.05, 3.63) is 98.3 Å². The van der Waals surface area contributed by atoms with Gasteiger partial charge in [-0.15, -0.1) is 22.0 Å². The summed E-state index contributed by atoms with van der Waals surface area (Å²) < 4.78 is 8.10. The predicted octanol–water partition coefficient (Wildman–Crippen LogP) is 9.00. The Bertz CT molecular complexity index is 1610. The Morgan fingerprint density at radius 1 is 0.838 bits per heavy atom. The van der Waals surface area contributed by atoms with Crippen molar-refractivity contribution in [2.75, 3.05) is 6.26 Å². The van der Waals surface area contributed by atoms with Crippen LogP contribution in [0.15, 0.2) is 76.0 Å². The van der Waals surface area contributed by atoms with Gasteiger partial charge in [0.15, 0.2) is 5.69 Å². The van der Waals surface area contributed by atoms with E-state index in [1.165, 1.54) is 0 Å². The van der Waals surface area contributed by atoms with E-state index in [1.54, 1.807) is 28.6 Å². The highest BCUT2D eigenvalue weighted by molar-refractivity contribution is 7.98. The van der Waals surface area contributed by atoms with Crippen molar-refractivity contribution in [3.8, 4) is 28.5 Å². The summed E-state index contributed by atoms with van der Waals surface area (Å²) in [6.45, 7) is 0. The first-order valence-electron chi connectivity index (χ1n) is 11.4. The molecule has 0 N–H and O–H groups in total. The molecule has 0 saturated heterocycles. The molecule has 0 radical (unpaired) electrons. The fourth-order valence-electron chi connectivity index (χ4n) is 4.46. The van der Waals surface area contributed by atoms with Crippen molar-refractivity contribution in [1.29, 1.82) is 0 Å². The molecule has 37 heavy (non-hydrogen) atoms. The molecule has 2 heterocycles. The molecule has 1 saturated carbocycles. The van der Waals surface area contributed by atoms with Crippen LogP contribution in [-0.2, 0) is 5.41 Å². The van der Waals surface area contributed by atoms with Gasteiger partial charge in [-0.2, -0.15) is 5.10 Å². The van der Waals surface area contributed by atoms with Gasteiger partial charge in [0.1, 0.15) is 0 Å². The maximum Gasteiger partial charge on any atom is 0.269 e. The average molecular weight is 588 g/mol. The van der Waals surface area contributed by atoms with E-state index < -0.39 is 0 Å². The van der Waals surface area contributed by atoms with Gasteiger partial charge in [-0.25, -0.2) is 4.68 Å². The Balaban J connectivity index is 1.51. The van der Waals surface area contributed by atoms with E-state index in [2.05, 4.69) is 10.2 Å². The third-order valence-corrected chi connectivity index (χ3v) is 8.32. The Morgan fingerprint density at radius 3 is 2.11 bits per heavy atom. The van der Waals surface area contributed by atoms with E-state index in [0.29, 0.717) is 43.3 Å². The van der Waals surface area contributed by atoms with Gasteiger partial charge in [0.2, 0.25) is 5.89 Å². The standard InChI is InChI=1S/C27H18Cl4N4OS/c1-37-24-22(25-32-33-26(36-25)27(12-13-27)16-4-8-18(29)9-5-16)34-35(21-11-10-19(30)14-20(21)31)23(24)15-2-6-17(28)7-3-15/h2-11,14H,12-13H2,1H3. The highest BCUT2D eigenvalue weighted by atomic mass is 35.5. The molecule has 5 aromatic rings. The van der Waals surface area contributed by atoms with Crippen molar-refractivity contribution < 1.29 is 4.42 Å². The topological polar surface area (TPSA) is 56.7 Å². The first kappa shape index (κ1) is 24.8. The summed E-state index contributed by atoms with van der Waals surface area (Å²) in [5.74, 6) is 0.919. The zero-order chi connectivity index (χ0) is 25.7. The first-order valence-corrected chi connectivity index (χ1v) is 14.1. The summed E-state index contributed by atoms with van der Waals surface area (Å²) >= 11 is 26.6. The normalized spacial score (nSPS) is 14.2. The predicted molar refractivity (Wildman–Crippen MR) is 151 cm³/mol. The van der Waals surface area contributed by atoms with Gasteiger partial charge in [0, 0.05) is 20.6 Å². The van der Waals surface area contributed by atoms with Gasteiger partial charge in [-0.3, -0.25) is 0 Å². The van der Waals surface area contributed by atoms with Gasteiger partial charge < -0.3 is 4.42 Å². The summed E-state index contributed by atoms with van der Waals surface area (Å²) in [5.41, 5.74) is 3.82. The second-order valence-electron chi connectivity index (χ2n) is 8.75. The Labute approximate surface area is 237 Å². The molecule has 1 aliphatic rings. The lowest BCUT2D eigenvalue weighted by Gasteiger charge is -2.11. The Kier molecular flexibility index (Phi) is 6.50. The monoisotopic (exact) mass is 586 g/mol. The minimum Gasteiger partial charge on any atom is -0.418 e. The number of benzene rings is 3. The zero-order valence-electron chi connectivity index (χ0n) is 19.4. The van der Waals surface area contributed by atoms with Gasteiger partial charge in [0.05, 0.1) is 26.7 Å². The number of nitrogens with zero attached hydrogens (tertiary/aromatic N) is 4. The lowest BCUT2D eigenvalue weighted by molar-refractivity contribution is 0.470. The molecule has 186 valence electrons. The number of hydrogen-bond acceptors (Lipinski definition) is 5. The molecule has 3 aromatic carbocycles. The minimum atomic E-state index is -0.295. The number of rotatable bonds is 6. The van der Waals surface area contributed by atoms with Crippen LogP contribution < -0.4 is 0 Å². The molecule has 6 rings (SSSR count). The van der Waals surface area contributed by atoms with E-state index >= 15 is 0 Å². The minimum absolute atomic E-state index is 0.295. The maximum atomic E-state index is 6.62. The van der Waals surface area contributed by atoms with Crippen LogP contribution in [0.5, 0.6) is 0 Å². The SMILES string of the molecule is CSc1c(-c2nnc(C3(c4ccc(Cl)cc4)CC3)o2)nn(-c2ccc(Cl)cc2Cl)c1-c1ccc(Cl)cc1. The number of halogens is 4. The van der Waals surface area contributed by atoms with Crippen molar-refractivity contribution in [1.82, 2.24) is 20.0 Å². The number of thioether (sulfide) groups is 1. The van der Waals surface area contributed by atoms with Crippen LogP contribution in [0.1, 0.15) is 24.3 Å². The van der Waals surface area contributed by atoms with E-state index in [1.807, 2.05) is 60.9 Å². The molecule has 10 heteroatoms. The van der Waals surface area contributed by atoms with E-state index in [0.717, 1.165) is 34.6 Å². The van der Waals surface area contributed by atoms with Gasteiger partial charge >= 0.3 is 0 Å². The summed E-state index contributed by atoms with van der Waals surface area (Å²) in [4.78, 5) is 0.875. The van der Waals surface area contributed by atoms with Crippen LogP contribution in [-0.4, -0.2) is 26.2 Å². The largest absolute Gasteiger partial charge is 0.418 e. The van der Waals surface area contributed by atoms with Crippen LogP contribution in [0.2, 0.25) is 20.1 Å². The summed E-state index contributed by atoms with van der Waals surface area (Å²) in [5, 5.41) is 16.2. The van der Waals surface area contributed by atoms with Gasteiger partial charge in [-0.1, -0.05) is 70.7 Å². The zero-order valence-corrected chi connectivity index (χ0v) is 23.2. The lowest BCUT2D eigenvalue weighted by atomic mass is 9.96. The smallest absolute Gasteiger partial charge is 0.269 e. The second kappa shape index (κ2) is 9.68. The van der Waals surface area contributed by atoms with Crippen molar-refractivity contribution in [2.45, 2.75) is 23.2 Å². The van der Waals surface area contributed by atoms with E-state index in [9.17, 15) is 0 Å². The summed E-state index contributed by atoms with van der Waals surface area (Å²) in [6, 6.07) is 20.7.